The monoisotopic (exact) mass is 411 g/mol. The van der Waals surface area contributed by atoms with Crippen LogP contribution in [0, 0.1) is 5.92 Å². The maximum absolute atomic E-state index is 12.8. The van der Waals surface area contributed by atoms with E-state index in [-0.39, 0.29) is 23.8 Å². The predicted octanol–water partition coefficient (Wildman–Crippen LogP) is 3.38. The normalized spacial score (nSPS) is 21.1. The SMILES string of the molecule is O=C(NC1CCCN(Cc2ccccc2)C1)C1CCN(C(=O)c2cccs2)CC1. The maximum Gasteiger partial charge on any atom is 0.263 e. The number of carbonyl (C=O) groups is 2. The standard InChI is InChI=1S/C23H29N3O2S/c27-22(19-10-13-26(14-11-19)23(28)21-9-5-15-29-21)24-20-8-4-12-25(17-20)16-18-6-2-1-3-7-18/h1-3,5-7,9,15,19-20H,4,8,10-14,16-17H2,(H,24,27). The highest BCUT2D eigenvalue weighted by atomic mass is 32.1. The fourth-order valence-corrected chi connectivity index (χ4v) is 5.07. The zero-order valence-electron chi connectivity index (χ0n) is 16.8. The molecule has 1 atom stereocenters. The Kier molecular flexibility index (Phi) is 6.62. The van der Waals surface area contributed by atoms with Crippen LogP contribution in [-0.4, -0.2) is 53.8 Å². The number of hydrogen-bond donors (Lipinski definition) is 1. The molecule has 2 saturated heterocycles. The molecular formula is C23H29N3O2S. The van der Waals surface area contributed by atoms with Crippen molar-refractivity contribution in [1.29, 1.82) is 0 Å². The third-order valence-electron chi connectivity index (χ3n) is 5.99. The maximum atomic E-state index is 12.8. The summed E-state index contributed by atoms with van der Waals surface area (Å²) in [6.07, 6.45) is 3.67. The van der Waals surface area contributed by atoms with Crippen LogP contribution in [0.25, 0.3) is 0 Å². The summed E-state index contributed by atoms with van der Waals surface area (Å²) in [6.45, 7) is 4.27. The van der Waals surface area contributed by atoms with Crippen LogP contribution in [-0.2, 0) is 11.3 Å². The first-order valence-electron chi connectivity index (χ1n) is 10.6. The van der Waals surface area contributed by atoms with Crippen LogP contribution in [0.3, 0.4) is 0 Å². The summed E-state index contributed by atoms with van der Waals surface area (Å²) in [4.78, 5) is 30.4. The van der Waals surface area contributed by atoms with Crippen molar-refractivity contribution < 1.29 is 9.59 Å². The number of likely N-dealkylation sites (tertiary alicyclic amines) is 2. The number of nitrogens with one attached hydrogen (secondary N) is 1. The van der Waals surface area contributed by atoms with Crippen molar-refractivity contribution in [1.82, 2.24) is 15.1 Å². The van der Waals surface area contributed by atoms with Crippen molar-refractivity contribution in [3.63, 3.8) is 0 Å². The van der Waals surface area contributed by atoms with Gasteiger partial charge in [0.25, 0.3) is 5.91 Å². The molecule has 29 heavy (non-hydrogen) atoms. The Morgan fingerprint density at radius 1 is 1.00 bits per heavy atom. The summed E-state index contributed by atoms with van der Waals surface area (Å²) in [6, 6.07) is 14.5. The molecule has 2 fully saturated rings. The molecule has 4 rings (SSSR count). The van der Waals surface area contributed by atoms with E-state index in [1.54, 1.807) is 0 Å². The molecule has 0 radical (unpaired) electrons. The summed E-state index contributed by atoms with van der Waals surface area (Å²) >= 11 is 1.48. The lowest BCUT2D eigenvalue weighted by Gasteiger charge is -2.35. The number of thiophene rings is 1. The minimum atomic E-state index is 0.0203. The van der Waals surface area contributed by atoms with Crippen molar-refractivity contribution in [2.75, 3.05) is 26.2 Å². The zero-order valence-corrected chi connectivity index (χ0v) is 17.6. The number of hydrogen-bond acceptors (Lipinski definition) is 4. The third kappa shape index (κ3) is 5.25. The summed E-state index contributed by atoms with van der Waals surface area (Å²) in [7, 11) is 0. The summed E-state index contributed by atoms with van der Waals surface area (Å²) < 4.78 is 0. The van der Waals surface area contributed by atoms with Crippen molar-refractivity contribution in [2.45, 2.75) is 38.3 Å². The molecule has 3 heterocycles. The molecule has 0 spiro atoms. The number of rotatable bonds is 5. The second-order valence-corrected chi connectivity index (χ2v) is 9.06. The quantitative estimate of drug-likeness (QED) is 0.821. The molecule has 0 bridgehead atoms. The average molecular weight is 412 g/mol. The van der Waals surface area contributed by atoms with Gasteiger partial charge in [0, 0.05) is 38.1 Å². The molecule has 2 aromatic rings. The Labute approximate surface area is 176 Å². The van der Waals surface area contributed by atoms with Crippen molar-refractivity contribution in [3.05, 3.63) is 58.3 Å². The van der Waals surface area contributed by atoms with E-state index in [2.05, 4.69) is 34.5 Å². The van der Waals surface area contributed by atoms with Crippen molar-refractivity contribution in [3.8, 4) is 0 Å². The number of piperidine rings is 2. The van der Waals surface area contributed by atoms with Gasteiger partial charge in [0.2, 0.25) is 5.91 Å². The van der Waals surface area contributed by atoms with E-state index in [1.807, 2.05) is 28.5 Å². The van der Waals surface area contributed by atoms with Gasteiger partial charge in [-0.1, -0.05) is 36.4 Å². The third-order valence-corrected chi connectivity index (χ3v) is 6.84. The highest BCUT2D eigenvalue weighted by Crippen LogP contribution is 2.22. The summed E-state index contributed by atoms with van der Waals surface area (Å²) in [5, 5.41) is 5.22. The lowest BCUT2D eigenvalue weighted by atomic mass is 9.94. The van der Waals surface area contributed by atoms with Crippen LogP contribution >= 0.6 is 11.3 Å². The van der Waals surface area contributed by atoms with E-state index < -0.39 is 0 Å². The topological polar surface area (TPSA) is 52.7 Å². The highest BCUT2D eigenvalue weighted by Gasteiger charge is 2.30. The molecule has 2 aliphatic heterocycles. The van der Waals surface area contributed by atoms with Crippen LogP contribution in [0.5, 0.6) is 0 Å². The van der Waals surface area contributed by atoms with E-state index in [0.717, 1.165) is 50.2 Å². The van der Waals surface area contributed by atoms with Crippen molar-refractivity contribution in [2.24, 2.45) is 5.92 Å². The van der Waals surface area contributed by atoms with E-state index in [9.17, 15) is 9.59 Å². The number of carbonyl (C=O) groups excluding carboxylic acids is 2. The van der Waals surface area contributed by atoms with Gasteiger partial charge in [-0.25, -0.2) is 0 Å². The fraction of sp³-hybridized carbons (Fsp3) is 0.478. The van der Waals surface area contributed by atoms with Gasteiger partial charge in [0.1, 0.15) is 0 Å². The van der Waals surface area contributed by atoms with E-state index in [1.165, 1.54) is 16.9 Å². The highest BCUT2D eigenvalue weighted by molar-refractivity contribution is 7.12. The van der Waals surface area contributed by atoms with Gasteiger partial charge in [0.05, 0.1) is 4.88 Å². The first-order chi connectivity index (χ1) is 14.2. The minimum Gasteiger partial charge on any atom is -0.352 e. The lowest BCUT2D eigenvalue weighted by molar-refractivity contribution is -0.127. The lowest BCUT2D eigenvalue weighted by Crippen LogP contribution is -2.50. The van der Waals surface area contributed by atoms with E-state index in [4.69, 9.17) is 0 Å². The van der Waals surface area contributed by atoms with E-state index >= 15 is 0 Å². The molecule has 6 heteroatoms. The first-order valence-corrected chi connectivity index (χ1v) is 11.5. The molecule has 1 aromatic heterocycles. The Morgan fingerprint density at radius 2 is 1.79 bits per heavy atom. The Morgan fingerprint density at radius 3 is 2.52 bits per heavy atom. The molecule has 0 aliphatic carbocycles. The Balaban J connectivity index is 1.24. The average Bonchev–Trinajstić information content (AvgIpc) is 3.29. The van der Waals surface area contributed by atoms with Crippen LogP contribution in [0.15, 0.2) is 47.8 Å². The zero-order chi connectivity index (χ0) is 20.1. The molecule has 1 aromatic carbocycles. The van der Waals surface area contributed by atoms with Gasteiger partial charge in [-0.2, -0.15) is 0 Å². The first kappa shape index (κ1) is 20.1. The second-order valence-electron chi connectivity index (χ2n) is 8.11. The molecule has 1 unspecified atom stereocenters. The molecule has 154 valence electrons. The molecule has 2 aliphatic rings. The molecular weight excluding hydrogens is 382 g/mol. The second kappa shape index (κ2) is 9.55. The van der Waals surface area contributed by atoms with Crippen LogP contribution in [0.4, 0.5) is 0 Å². The van der Waals surface area contributed by atoms with Crippen LogP contribution < -0.4 is 5.32 Å². The molecule has 5 nitrogen and oxygen atoms in total. The molecule has 0 saturated carbocycles. The van der Waals surface area contributed by atoms with Crippen LogP contribution in [0.2, 0.25) is 0 Å². The van der Waals surface area contributed by atoms with Gasteiger partial charge in [-0.3, -0.25) is 14.5 Å². The largest absolute Gasteiger partial charge is 0.352 e. The fourth-order valence-electron chi connectivity index (χ4n) is 4.38. The summed E-state index contributed by atoms with van der Waals surface area (Å²) in [5.74, 6) is 0.286. The van der Waals surface area contributed by atoms with Gasteiger partial charge in [-0.15, -0.1) is 11.3 Å². The van der Waals surface area contributed by atoms with E-state index in [0.29, 0.717) is 13.1 Å². The van der Waals surface area contributed by atoms with Gasteiger partial charge in [0.15, 0.2) is 0 Å². The van der Waals surface area contributed by atoms with Gasteiger partial charge >= 0.3 is 0 Å². The minimum absolute atomic E-state index is 0.0203. The Bertz CT molecular complexity index is 801. The number of amides is 2. The molecule has 2 amide bonds. The Hall–Kier alpha value is -2.18. The number of nitrogens with zero attached hydrogens (tertiary/aromatic N) is 2. The number of benzene rings is 1. The van der Waals surface area contributed by atoms with Crippen molar-refractivity contribution >= 4 is 23.2 Å². The van der Waals surface area contributed by atoms with Gasteiger partial charge in [-0.05, 0) is 49.2 Å². The smallest absolute Gasteiger partial charge is 0.263 e. The van der Waals surface area contributed by atoms with Gasteiger partial charge < -0.3 is 10.2 Å². The van der Waals surface area contributed by atoms with Crippen LogP contribution in [0.1, 0.15) is 40.9 Å². The summed E-state index contributed by atoms with van der Waals surface area (Å²) in [5.41, 5.74) is 1.32. The predicted molar refractivity (Wildman–Crippen MR) is 116 cm³/mol. The molecule has 1 N–H and O–H groups in total.